The Balaban J connectivity index is 1.26. The maximum atomic E-state index is 14.5. The van der Waals surface area contributed by atoms with Gasteiger partial charge in [0.2, 0.25) is 0 Å². The van der Waals surface area contributed by atoms with Crippen molar-refractivity contribution in [3.63, 3.8) is 0 Å². The number of nitrogens with zero attached hydrogens (tertiary/aromatic N) is 2. The summed E-state index contributed by atoms with van der Waals surface area (Å²) < 4.78 is 64.5. The highest BCUT2D eigenvalue weighted by Gasteiger charge is 2.62. The van der Waals surface area contributed by atoms with Gasteiger partial charge in [0.15, 0.2) is 5.82 Å². The second kappa shape index (κ2) is 10.3. The number of aromatic nitrogens is 1. The van der Waals surface area contributed by atoms with Gasteiger partial charge in [-0.3, -0.25) is 4.79 Å². The molecule has 4 heterocycles. The van der Waals surface area contributed by atoms with E-state index in [1.165, 1.54) is 12.1 Å². The van der Waals surface area contributed by atoms with E-state index in [1.54, 1.807) is 28.8 Å². The van der Waals surface area contributed by atoms with Crippen LogP contribution in [-0.4, -0.2) is 34.3 Å². The number of alkyl halides is 3. The van der Waals surface area contributed by atoms with Crippen LogP contribution >= 0.6 is 23.2 Å². The van der Waals surface area contributed by atoms with Crippen LogP contribution in [0.25, 0.3) is 5.52 Å². The number of benzene rings is 2. The first-order chi connectivity index (χ1) is 20.2. The summed E-state index contributed by atoms with van der Waals surface area (Å²) >= 11 is 11.6. The van der Waals surface area contributed by atoms with Crippen molar-refractivity contribution >= 4 is 52.9 Å². The SMILES string of the molecule is CC1(C)OB(O)c2cc(CNC(=O)c3ccc(C4=NO[C@](c5cc(Cl)c(F)c(Cl)c5)(C(F)(F)F)C4)n4cccc34)ccc21. The Hall–Kier alpha value is -3.58. The molecule has 222 valence electrons. The predicted molar refractivity (Wildman–Crippen MR) is 153 cm³/mol. The molecule has 0 fully saturated rings. The minimum Gasteiger partial charge on any atom is -0.423 e. The Morgan fingerprint density at radius 3 is 2.56 bits per heavy atom. The maximum Gasteiger partial charge on any atom is 0.492 e. The van der Waals surface area contributed by atoms with Crippen molar-refractivity contribution in [2.75, 3.05) is 0 Å². The molecule has 43 heavy (non-hydrogen) atoms. The molecular formula is C29H22BCl2F4N3O4. The lowest BCUT2D eigenvalue weighted by Crippen LogP contribution is -2.42. The van der Waals surface area contributed by atoms with Crippen molar-refractivity contribution in [1.82, 2.24) is 9.72 Å². The van der Waals surface area contributed by atoms with Gasteiger partial charge in [-0.05, 0) is 66.8 Å². The number of amides is 1. The zero-order valence-corrected chi connectivity index (χ0v) is 24.1. The van der Waals surface area contributed by atoms with Crippen LogP contribution in [0.5, 0.6) is 0 Å². The number of rotatable bonds is 5. The number of carbonyl (C=O) groups excluding carboxylic acids is 1. The van der Waals surface area contributed by atoms with Crippen LogP contribution in [-0.2, 0) is 27.2 Å². The molecule has 1 amide bonds. The summed E-state index contributed by atoms with van der Waals surface area (Å²) in [4.78, 5) is 18.3. The average Bonchev–Trinajstić information content (AvgIpc) is 3.66. The fraction of sp³-hybridized carbons (Fsp3) is 0.241. The molecule has 2 aromatic heterocycles. The molecule has 2 N–H and O–H groups in total. The summed E-state index contributed by atoms with van der Waals surface area (Å²) in [5.41, 5.74) is -0.931. The molecule has 0 radical (unpaired) electrons. The van der Waals surface area contributed by atoms with Crippen LogP contribution in [0.1, 0.15) is 53.0 Å². The normalized spacial score (nSPS) is 19.4. The zero-order valence-electron chi connectivity index (χ0n) is 22.6. The summed E-state index contributed by atoms with van der Waals surface area (Å²) in [5, 5.41) is 15.7. The Kier molecular flexibility index (Phi) is 7.04. The molecule has 6 rings (SSSR count). The number of carbonyl (C=O) groups is 1. The van der Waals surface area contributed by atoms with Crippen LogP contribution in [0, 0.1) is 5.82 Å². The summed E-state index contributed by atoms with van der Waals surface area (Å²) in [6, 6.07) is 13.4. The number of pyridine rings is 1. The van der Waals surface area contributed by atoms with E-state index < -0.39 is 58.3 Å². The third-order valence-electron chi connectivity index (χ3n) is 7.76. The zero-order chi connectivity index (χ0) is 30.9. The summed E-state index contributed by atoms with van der Waals surface area (Å²) in [7, 11) is -1.07. The molecule has 0 bridgehead atoms. The molecule has 2 aliphatic rings. The second-order valence-corrected chi connectivity index (χ2v) is 11.7. The second-order valence-electron chi connectivity index (χ2n) is 10.9. The lowest BCUT2D eigenvalue weighted by Gasteiger charge is -2.29. The Morgan fingerprint density at radius 1 is 1.14 bits per heavy atom. The van der Waals surface area contributed by atoms with Gasteiger partial charge in [-0.15, -0.1) is 0 Å². The summed E-state index contributed by atoms with van der Waals surface area (Å²) in [6.07, 6.45) is -4.13. The van der Waals surface area contributed by atoms with Gasteiger partial charge in [0.05, 0.1) is 38.8 Å². The molecule has 0 unspecified atom stereocenters. The number of nitrogens with one attached hydrogen (secondary N) is 1. The number of hydrogen-bond donors (Lipinski definition) is 2. The van der Waals surface area contributed by atoms with E-state index in [4.69, 9.17) is 32.7 Å². The van der Waals surface area contributed by atoms with Crippen molar-refractivity contribution in [2.45, 2.75) is 44.2 Å². The fourth-order valence-electron chi connectivity index (χ4n) is 5.55. The van der Waals surface area contributed by atoms with Crippen LogP contribution in [0.4, 0.5) is 17.6 Å². The molecule has 7 nitrogen and oxygen atoms in total. The molecule has 14 heteroatoms. The number of halogens is 6. The van der Waals surface area contributed by atoms with E-state index in [9.17, 15) is 27.4 Å². The van der Waals surface area contributed by atoms with Gasteiger partial charge in [0.25, 0.3) is 11.5 Å². The van der Waals surface area contributed by atoms with Crippen LogP contribution < -0.4 is 10.8 Å². The van der Waals surface area contributed by atoms with Crippen molar-refractivity contribution in [3.05, 3.63) is 105 Å². The van der Waals surface area contributed by atoms with Gasteiger partial charge in [0, 0.05) is 18.3 Å². The Bertz CT molecular complexity index is 1800. The lowest BCUT2D eigenvalue weighted by atomic mass is 9.77. The van der Waals surface area contributed by atoms with Crippen molar-refractivity contribution < 1.29 is 36.9 Å². The minimum absolute atomic E-state index is 0.0519. The van der Waals surface area contributed by atoms with Crippen LogP contribution in [0.3, 0.4) is 0 Å². The van der Waals surface area contributed by atoms with E-state index >= 15 is 0 Å². The minimum atomic E-state index is -4.96. The van der Waals surface area contributed by atoms with Crippen molar-refractivity contribution in [3.8, 4) is 0 Å². The molecule has 0 saturated heterocycles. The molecule has 0 saturated carbocycles. The monoisotopic (exact) mass is 633 g/mol. The van der Waals surface area contributed by atoms with E-state index in [0.717, 1.165) is 23.3 Å². The first-order valence-electron chi connectivity index (χ1n) is 13.1. The molecule has 1 atom stereocenters. The standard InChI is InChI=1S/C29H22BCl2F4N3O4/c1-27(2)18-7-5-15(10-19(18)30(41)42-27)14-37-26(40)17-6-8-24(39-9-3-4-23(17)39)22-13-28(43-38-22,29(34,35)36)16-11-20(31)25(33)21(32)12-16/h3-12,41H,13-14H2,1-2H3,(H,37,40)/t28-/m1/s1. The smallest absolute Gasteiger partial charge is 0.423 e. The van der Waals surface area contributed by atoms with E-state index in [-0.39, 0.29) is 23.5 Å². The number of fused-ring (bicyclic) bond motifs is 2. The van der Waals surface area contributed by atoms with Gasteiger partial charge in [0.1, 0.15) is 5.71 Å². The highest BCUT2D eigenvalue weighted by molar-refractivity contribution is 6.62. The average molecular weight is 634 g/mol. The van der Waals surface area contributed by atoms with E-state index in [1.807, 2.05) is 26.0 Å². The van der Waals surface area contributed by atoms with Gasteiger partial charge in [-0.2, -0.15) is 13.2 Å². The predicted octanol–water partition coefficient (Wildman–Crippen LogP) is 5.85. The molecule has 0 aliphatic carbocycles. The topological polar surface area (TPSA) is 84.6 Å². The van der Waals surface area contributed by atoms with Crippen LogP contribution in [0.15, 0.2) is 65.9 Å². The van der Waals surface area contributed by atoms with Crippen molar-refractivity contribution in [2.24, 2.45) is 5.16 Å². The summed E-state index contributed by atoms with van der Waals surface area (Å²) in [6.45, 7) is 3.87. The quantitative estimate of drug-likeness (QED) is 0.164. The third-order valence-corrected chi connectivity index (χ3v) is 8.31. The molecule has 0 spiro atoms. The van der Waals surface area contributed by atoms with Gasteiger partial charge in [-0.25, -0.2) is 4.39 Å². The highest BCUT2D eigenvalue weighted by atomic mass is 35.5. The van der Waals surface area contributed by atoms with Gasteiger partial charge < -0.3 is 24.2 Å². The molecule has 4 aromatic rings. The highest BCUT2D eigenvalue weighted by Crippen LogP contribution is 2.50. The van der Waals surface area contributed by atoms with Crippen molar-refractivity contribution in [1.29, 1.82) is 0 Å². The Morgan fingerprint density at radius 2 is 1.86 bits per heavy atom. The summed E-state index contributed by atoms with van der Waals surface area (Å²) in [5.74, 6) is -1.46. The first-order valence-corrected chi connectivity index (χ1v) is 13.8. The molecule has 2 aliphatic heterocycles. The number of oxime groups is 1. The largest absolute Gasteiger partial charge is 0.492 e. The maximum absolute atomic E-state index is 14.5. The van der Waals surface area contributed by atoms with E-state index in [2.05, 4.69) is 10.5 Å². The molecule has 2 aromatic carbocycles. The number of hydrogen-bond acceptors (Lipinski definition) is 5. The Labute approximate surface area is 253 Å². The van der Waals surface area contributed by atoms with Gasteiger partial charge in [-0.1, -0.05) is 46.6 Å². The van der Waals surface area contributed by atoms with Gasteiger partial charge >= 0.3 is 13.3 Å². The molecular weight excluding hydrogens is 612 g/mol. The third kappa shape index (κ3) is 4.86. The van der Waals surface area contributed by atoms with Crippen LogP contribution in [0.2, 0.25) is 10.0 Å². The lowest BCUT2D eigenvalue weighted by molar-refractivity contribution is -0.275. The van der Waals surface area contributed by atoms with E-state index in [0.29, 0.717) is 11.0 Å². The fourth-order valence-corrected chi connectivity index (χ4v) is 6.04. The first kappa shape index (κ1) is 29.5.